The fraction of sp³-hybridized carbons (Fsp3) is 0.923. The molecule has 2 aliphatic rings. The van der Waals surface area contributed by atoms with E-state index in [1.54, 1.807) is 0 Å². The highest BCUT2D eigenvalue weighted by Gasteiger charge is 2.43. The van der Waals surface area contributed by atoms with Gasteiger partial charge >= 0.3 is 0 Å². The van der Waals surface area contributed by atoms with E-state index in [0.717, 1.165) is 45.2 Å². The summed E-state index contributed by atoms with van der Waals surface area (Å²) in [5.41, 5.74) is -0.457. The molecule has 1 N–H and O–H groups in total. The highest BCUT2D eigenvalue weighted by atomic mass is 16.3. The topological polar surface area (TPSA) is 40.5 Å². The number of hydrogen-bond acceptors (Lipinski definition) is 2. The second-order valence-corrected chi connectivity index (χ2v) is 5.39. The van der Waals surface area contributed by atoms with Crippen LogP contribution in [0.3, 0.4) is 0 Å². The number of aliphatic hydroxyl groups is 1. The molecule has 0 radical (unpaired) electrons. The molecule has 3 heteroatoms. The van der Waals surface area contributed by atoms with Crippen molar-refractivity contribution < 1.29 is 9.90 Å². The molecule has 1 aliphatic heterocycles. The largest absolute Gasteiger partial charge is 0.389 e. The van der Waals surface area contributed by atoms with Crippen LogP contribution in [0.2, 0.25) is 0 Å². The molecule has 0 aromatic carbocycles. The second kappa shape index (κ2) is 4.74. The Bertz CT molecular complexity index is 267. The minimum atomic E-state index is -0.457. The van der Waals surface area contributed by atoms with Crippen molar-refractivity contribution >= 4 is 5.91 Å². The first kappa shape index (κ1) is 11.9. The minimum absolute atomic E-state index is 0.273. The molecular weight excluding hydrogens is 202 g/mol. The third kappa shape index (κ3) is 2.24. The van der Waals surface area contributed by atoms with E-state index < -0.39 is 5.60 Å². The Morgan fingerprint density at radius 1 is 1.44 bits per heavy atom. The van der Waals surface area contributed by atoms with Crippen LogP contribution in [-0.2, 0) is 4.79 Å². The van der Waals surface area contributed by atoms with Crippen molar-refractivity contribution in [3.8, 4) is 0 Å². The average Bonchev–Trinajstić information content (AvgIpc) is 2.28. The van der Waals surface area contributed by atoms with Crippen molar-refractivity contribution in [3.05, 3.63) is 0 Å². The van der Waals surface area contributed by atoms with Crippen molar-refractivity contribution in [2.75, 3.05) is 13.1 Å². The first-order chi connectivity index (χ1) is 7.65. The molecule has 0 aromatic heterocycles. The van der Waals surface area contributed by atoms with Crippen LogP contribution in [0, 0.1) is 5.92 Å². The van der Waals surface area contributed by atoms with Crippen molar-refractivity contribution in [1.82, 2.24) is 4.90 Å². The normalized spacial score (nSPS) is 34.6. The lowest BCUT2D eigenvalue weighted by Gasteiger charge is -2.47. The standard InChI is InChI=1S/C13H23NO2/c1-2-5-12(15)14-9-8-13(16)7-4-3-6-11(13)10-14/h11,16H,2-10H2,1H3. The molecule has 1 heterocycles. The predicted octanol–water partition coefficient (Wildman–Crippen LogP) is 1.94. The second-order valence-electron chi connectivity index (χ2n) is 5.39. The summed E-state index contributed by atoms with van der Waals surface area (Å²) in [5.74, 6) is 0.603. The summed E-state index contributed by atoms with van der Waals surface area (Å²) in [6.45, 7) is 3.58. The van der Waals surface area contributed by atoms with Gasteiger partial charge in [0.15, 0.2) is 0 Å². The first-order valence-corrected chi connectivity index (χ1v) is 6.66. The zero-order valence-corrected chi connectivity index (χ0v) is 10.2. The number of likely N-dealkylation sites (tertiary alicyclic amines) is 1. The smallest absolute Gasteiger partial charge is 0.222 e. The summed E-state index contributed by atoms with van der Waals surface area (Å²) in [6.07, 6.45) is 6.75. The zero-order chi connectivity index (χ0) is 11.6. The zero-order valence-electron chi connectivity index (χ0n) is 10.2. The Kier molecular flexibility index (Phi) is 3.53. The van der Waals surface area contributed by atoms with Gasteiger partial charge in [-0.15, -0.1) is 0 Å². The third-order valence-electron chi connectivity index (χ3n) is 4.24. The minimum Gasteiger partial charge on any atom is -0.389 e. The van der Waals surface area contributed by atoms with E-state index in [1.165, 1.54) is 6.42 Å². The third-order valence-corrected chi connectivity index (χ3v) is 4.24. The van der Waals surface area contributed by atoms with E-state index in [-0.39, 0.29) is 5.91 Å². The van der Waals surface area contributed by atoms with Gasteiger partial charge in [-0.25, -0.2) is 0 Å². The van der Waals surface area contributed by atoms with Crippen LogP contribution in [0.1, 0.15) is 51.9 Å². The van der Waals surface area contributed by atoms with Gasteiger partial charge in [-0.3, -0.25) is 4.79 Å². The van der Waals surface area contributed by atoms with Gasteiger partial charge in [0.05, 0.1) is 5.60 Å². The molecule has 1 saturated heterocycles. The van der Waals surface area contributed by atoms with Gasteiger partial charge in [0.1, 0.15) is 0 Å². The lowest BCUT2D eigenvalue weighted by Crippen LogP contribution is -2.54. The van der Waals surface area contributed by atoms with Crippen LogP contribution in [0.4, 0.5) is 0 Å². The predicted molar refractivity (Wildman–Crippen MR) is 63.0 cm³/mol. The molecule has 92 valence electrons. The van der Waals surface area contributed by atoms with Gasteiger partial charge in [-0.05, 0) is 25.7 Å². The molecule has 3 nitrogen and oxygen atoms in total. The Morgan fingerprint density at radius 2 is 2.25 bits per heavy atom. The summed E-state index contributed by atoms with van der Waals surface area (Å²) >= 11 is 0. The summed E-state index contributed by atoms with van der Waals surface area (Å²) < 4.78 is 0. The molecule has 0 aromatic rings. The molecule has 2 atom stereocenters. The molecule has 0 spiro atoms. The number of nitrogens with zero attached hydrogens (tertiary/aromatic N) is 1. The Balaban J connectivity index is 1.96. The Morgan fingerprint density at radius 3 is 3.00 bits per heavy atom. The van der Waals surface area contributed by atoms with Crippen molar-refractivity contribution in [3.63, 3.8) is 0 Å². The van der Waals surface area contributed by atoms with Crippen LogP contribution >= 0.6 is 0 Å². The molecule has 0 bridgehead atoms. The first-order valence-electron chi connectivity index (χ1n) is 6.66. The van der Waals surface area contributed by atoms with E-state index in [9.17, 15) is 9.90 Å². The number of carbonyl (C=O) groups excluding carboxylic acids is 1. The van der Waals surface area contributed by atoms with Gasteiger partial charge in [0, 0.05) is 25.4 Å². The molecule has 1 amide bonds. The van der Waals surface area contributed by atoms with Crippen LogP contribution < -0.4 is 0 Å². The van der Waals surface area contributed by atoms with E-state index >= 15 is 0 Å². The van der Waals surface area contributed by atoms with E-state index in [4.69, 9.17) is 0 Å². The maximum Gasteiger partial charge on any atom is 0.222 e. The molecule has 2 unspecified atom stereocenters. The van der Waals surface area contributed by atoms with Gasteiger partial charge in [0.2, 0.25) is 5.91 Å². The lowest BCUT2D eigenvalue weighted by atomic mass is 9.71. The highest BCUT2D eigenvalue weighted by molar-refractivity contribution is 5.76. The van der Waals surface area contributed by atoms with Gasteiger partial charge in [-0.2, -0.15) is 0 Å². The SMILES string of the molecule is CCCC(=O)N1CCC2(O)CCCCC2C1. The summed E-state index contributed by atoms with van der Waals surface area (Å²) in [4.78, 5) is 13.8. The van der Waals surface area contributed by atoms with E-state index in [2.05, 4.69) is 0 Å². The molecule has 2 fully saturated rings. The Hall–Kier alpha value is -0.570. The number of amides is 1. The molecule has 1 aliphatic carbocycles. The van der Waals surface area contributed by atoms with Gasteiger partial charge < -0.3 is 10.0 Å². The number of rotatable bonds is 2. The van der Waals surface area contributed by atoms with Crippen molar-refractivity contribution in [1.29, 1.82) is 0 Å². The number of carbonyl (C=O) groups is 1. The Labute approximate surface area is 97.8 Å². The maximum atomic E-state index is 11.8. The number of fused-ring (bicyclic) bond motifs is 1. The van der Waals surface area contributed by atoms with Crippen LogP contribution in [-0.4, -0.2) is 34.6 Å². The molecule has 1 saturated carbocycles. The van der Waals surface area contributed by atoms with Crippen LogP contribution in [0.15, 0.2) is 0 Å². The monoisotopic (exact) mass is 225 g/mol. The van der Waals surface area contributed by atoms with Crippen molar-refractivity contribution in [2.24, 2.45) is 5.92 Å². The van der Waals surface area contributed by atoms with E-state index in [1.807, 2.05) is 11.8 Å². The lowest BCUT2D eigenvalue weighted by molar-refractivity contribution is -0.143. The number of hydrogen-bond donors (Lipinski definition) is 1. The number of piperidine rings is 1. The summed E-state index contributed by atoms with van der Waals surface area (Å²) in [6, 6.07) is 0. The average molecular weight is 225 g/mol. The molecule has 16 heavy (non-hydrogen) atoms. The van der Waals surface area contributed by atoms with Gasteiger partial charge in [0.25, 0.3) is 0 Å². The summed E-state index contributed by atoms with van der Waals surface area (Å²) in [7, 11) is 0. The quantitative estimate of drug-likeness (QED) is 0.780. The summed E-state index contributed by atoms with van der Waals surface area (Å²) in [5, 5.41) is 10.5. The molecule has 2 rings (SSSR count). The maximum absolute atomic E-state index is 11.8. The fourth-order valence-electron chi connectivity index (χ4n) is 3.17. The molecular formula is C13H23NO2. The van der Waals surface area contributed by atoms with Crippen molar-refractivity contribution in [2.45, 2.75) is 57.5 Å². The van der Waals surface area contributed by atoms with Crippen LogP contribution in [0.5, 0.6) is 0 Å². The van der Waals surface area contributed by atoms with Gasteiger partial charge in [-0.1, -0.05) is 19.8 Å². The van der Waals surface area contributed by atoms with Crippen LogP contribution in [0.25, 0.3) is 0 Å². The van der Waals surface area contributed by atoms with E-state index in [0.29, 0.717) is 12.3 Å². The highest BCUT2D eigenvalue weighted by Crippen LogP contribution is 2.39. The fourth-order valence-corrected chi connectivity index (χ4v) is 3.17.